The van der Waals surface area contributed by atoms with Crippen molar-refractivity contribution in [2.75, 3.05) is 0 Å². The van der Waals surface area contributed by atoms with Crippen molar-refractivity contribution in [3.63, 3.8) is 0 Å². The topological polar surface area (TPSA) is 79.7 Å². The van der Waals surface area contributed by atoms with Crippen LogP contribution in [0.2, 0.25) is 0 Å². The number of carbonyl (C=O) groups is 2. The number of ether oxygens (including phenoxy) is 1. The number of Topliss-reactive ketones (excluding diaryl/α,β-unsaturated/α-hetero) is 1. The van der Waals surface area contributed by atoms with Gasteiger partial charge in [0.1, 0.15) is 17.3 Å². The molecule has 0 radical (unpaired) electrons. The van der Waals surface area contributed by atoms with Crippen molar-refractivity contribution in [2.45, 2.75) is 32.5 Å². The van der Waals surface area contributed by atoms with Crippen LogP contribution in [0.5, 0.6) is 5.75 Å². The third-order valence-electron chi connectivity index (χ3n) is 5.28. The van der Waals surface area contributed by atoms with Gasteiger partial charge in [0.15, 0.2) is 0 Å². The van der Waals surface area contributed by atoms with Gasteiger partial charge in [0.05, 0.1) is 17.7 Å². The molecule has 0 bridgehead atoms. The Balaban J connectivity index is 1.83. The van der Waals surface area contributed by atoms with Gasteiger partial charge in [-0.1, -0.05) is 30.3 Å². The summed E-state index contributed by atoms with van der Waals surface area (Å²) < 4.78 is 19.3. The second-order valence-corrected chi connectivity index (χ2v) is 8.03. The molecule has 1 unspecified atom stereocenters. The van der Waals surface area contributed by atoms with Gasteiger partial charge in [-0.2, -0.15) is 0 Å². The fraction of sp³-hybridized carbons (Fsp3) is 0.192. The van der Waals surface area contributed by atoms with E-state index in [-0.39, 0.29) is 24.0 Å². The molecule has 0 saturated carbocycles. The van der Waals surface area contributed by atoms with Gasteiger partial charge in [-0.05, 0) is 55.3 Å². The second kappa shape index (κ2) is 9.24. The molecule has 2 aromatic carbocycles. The molecule has 1 N–H and O–H groups in total. The number of aromatic nitrogens is 1. The van der Waals surface area contributed by atoms with E-state index in [4.69, 9.17) is 4.74 Å². The van der Waals surface area contributed by atoms with E-state index < -0.39 is 23.5 Å². The highest BCUT2D eigenvalue weighted by Gasteiger charge is 2.46. The predicted molar refractivity (Wildman–Crippen MR) is 121 cm³/mol. The van der Waals surface area contributed by atoms with Gasteiger partial charge in [-0.15, -0.1) is 0 Å². The number of benzene rings is 2. The maximum atomic E-state index is 13.6. The van der Waals surface area contributed by atoms with Gasteiger partial charge in [0.25, 0.3) is 11.7 Å². The highest BCUT2D eigenvalue weighted by molar-refractivity contribution is 6.46. The lowest BCUT2D eigenvalue weighted by Gasteiger charge is -2.25. The van der Waals surface area contributed by atoms with E-state index in [1.807, 2.05) is 13.8 Å². The largest absolute Gasteiger partial charge is 0.507 e. The van der Waals surface area contributed by atoms with Crippen LogP contribution >= 0.6 is 0 Å². The van der Waals surface area contributed by atoms with E-state index in [1.54, 1.807) is 48.8 Å². The molecule has 1 aliphatic heterocycles. The molecule has 1 aromatic heterocycles. The summed E-state index contributed by atoms with van der Waals surface area (Å²) in [7, 11) is 0. The molecule has 1 aliphatic rings. The molecule has 2 heterocycles. The van der Waals surface area contributed by atoms with Crippen molar-refractivity contribution in [1.29, 1.82) is 0 Å². The molecule has 1 saturated heterocycles. The normalized spacial score (nSPS) is 17.6. The zero-order valence-corrected chi connectivity index (χ0v) is 18.2. The summed E-state index contributed by atoms with van der Waals surface area (Å²) in [5.41, 5.74) is 1.52. The summed E-state index contributed by atoms with van der Waals surface area (Å²) in [6.45, 7) is 3.86. The van der Waals surface area contributed by atoms with Crippen LogP contribution in [0.15, 0.2) is 78.6 Å². The number of aliphatic hydroxyl groups is 1. The molecule has 0 aliphatic carbocycles. The van der Waals surface area contributed by atoms with Crippen molar-refractivity contribution in [2.24, 2.45) is 0 Å². The number of nitrogens with zero attached hydrogens (tertiary/aromatic N) is 2. The first-order chi connectivity index (χ1) is 15.8. The van der Waals surface area contributed by atoms with Crippen LogP contribution in [-0.2, 0) is 16.1 Å². The van der Waals surface area contributed by atoms with Crippen molar-refractivity contribution in [1.82, 2.24) is 9.88 Å². The summed E-state index contributed by atoms with van der Waals surface area (Å²) in [5, 5.41) is 11.2. The Morgan fingerprint density at radius 1 is 1.12 bits per heavy atom. The molecule has 7 heteroatoms. The van der Waals surface area contributed by atoms with Gasteiger partial charge in [-0.3, -0.25) is 14.6 Å². The number of halogens is 1. The minimum atomic E-state index is -0.888. The van der Waals surface area contributed by atoms with Crippen LogP contribution in [0, 0.1) is 5.82 Å². The Labute approximate surface area is 191 Å². The first kappa shape index (κ1) is 22.2. The van der Waals surface area contributed by atoms with E-state index in [2.05, 4.69) is 4.98 Å². The van der Waals surface area contributed by atoms with Crippen LogP contribution in [0.25, 0.3) is 5.76 Å². The number of hydrogen-bond donors (Lipinski definition) is 1. The summed E-state index contributed by atoms with van der Waals surface area (Å²) in [4.78, 5) is 31.6. The lowest BCUT2D eigenvalue weighted by atomic mass is 9.95. The molecule has 1 atom stereocenters. The highest BCUT2D eigenvalue weighted by Crippen LogP contribution is 2.40. The van der Waals surface area contributed by atoms with Crippen LogP contribution in [-0.4, -0.2) is 32.8 Å². The van der Waals surface area contributed by atoms with E-state index in [0.29, 0.717) is 16.9 Å². The number of amides is 1. The fourth-order valence-corrected chi connectivity index (χ4v) is 3.87. The SMILES string of the molecule is CC(C)Oc1cccc(/C(O)=C2/C(=O)C(=O)N(Cc3cccnc3)C2c2ccc(F)cc2)c1. The molecule has 1 amide bonds. The molecule has 0 spiro atoms. The zero-order valence-electron chi connectivity index (χ0n) is 18.2. The minimum absolute atomic E-state index is 0.0582. The fourth-order valence-electron chi connectivity index (χ4n) is 3.87. The van der Waals surface area contributed by atoms with Gasteiger partial charge < -0.3 is 14.7 Å². The summed E-state index contributed by atoms with van der Waals surface area (Å²) in [6.07, 6.45) is 3.14. The number of likely N-dealkylation sites (tertiary alicyclic amines) is 1. The third kappa shape index (κ3) is 4.62. The molecule has 168 valence electrons. The van der Waals surface area contributed by atoms with E-state index in [0.717, 1.165) is 5.56 Å². The lowest BCUT2D eigenvalue weighted by molar-refractivity contribution is -0.140. The first-order valence-corrected chi connectivity index (χ1v) is 10.5. The Morgan fingerprint density at radius 2 is 1.88 bits per heavy atom. The van der Waals surface area contributed by atoms with Crippen LogP contribution in [0.1, 0.15) is 36.6 Å². The summed E-state index contributed by atoms with van der Waals surface area (Å²) in [5.74, 6) is -1.78. The molecule has 3 aromatic rings. The number of carbonyl (C=O) groups excluding carboxylic acids is 2. The molecular weight excluding hydrogens is 423 g/mol. The van der Waals surface area contributed by atoms with Gasteiger partial charge in [-0.25, -0.2) is 4.39 Å². The van der Waals surface area contributed by atoms with E-state index in [1.165, 1.54) is 29.2 Å². The molecule has 33 heavy (non-hydrogen) atoms. The lowest BCUT2D eigenvalue weighted by Crippen LogP contribution is -2.29. The standard InChI is InChI=1S/C26H23FN2O4/c1-16(2)33-21-7-3-6-19(13-21)24(30)22-23(18-8-10-20(27)11-9-18)29(26(32)25(22)31)15-17-5-4-12-28-14-17/h3-14,16,23,30H,15H2,1-2H3/b24-22-. The van der Waals surface area contributed by atoms with E-state index >= 15 is 0 Å². The van der Waals surface area contributed by atoms with Crippen molar-refractivity contribution in [3.05, 3.63) is 101 Å². The van der Waals surface area contributed by atoms with Gasteiger partial charge in [0, 0.05) is 24.5 Å². The summed E-state index contributed by atoms with van der Waals surface area (Å²) >= 11 is 0. The number of aliphatic hydroxyl groups excluding tert-OH is 1. The minimum Gasteiger partial charge on any atom is -0.507 e. The van der Waals surface area contributed by atoms with Crippen molar-refractivity contribution < 1.29 is 23.8 Å². The van der Waals surface area contributed by atoms with Crippen molar-refractivity contribution in [3.8, 4) is 5.75 Å². The average Bonchev–Trinajstić information content (AvgIpc) is 3.04. The average molecular weight is 446 g/mol. The summed E-state index contributed by atoms with van der Waals surface area (Å²) in [6, 6.07) is 14.9. The Morgan fingerprint density at radius 3 is 2.55 bits per heavy atom. The van der Waals surface area contributed by atoms with Gasteiger partial charge >= 0.3 is 0 Å². The Hall–Kier alpha value is -4.00. The predicted octanol–water partition coefficient (Wildman–Crippen LogP) is 4.63. The maximum Gasteiger partial charge on any atom is 0.295 e. The van der Waals surface area contributed by atoms with Crippen molar-refractivity contribution >= 4 is 17.4 Å². The monoisotopic (exact) mass is 446 g/mol. The number of rotatable bonds is 6. The quantitative estimate of drug-likeness (QED) is 0.339. The number of hydrogen-bond acceptors (Lipinski definition) is 5. The highest BCUT2D eigenvalue weighted by atomic mass is 19.1. The van der Waals surface area contributed by atoms with Crippen LogP contribution < -0.4 is 4.74 Å². The Kier molecular flexibility index (Phi) is 6.22. The molecule has 1 fully saturated rings. The van der Waals surface area contributed by atoms with Crippen LogP contribution in [0.4, 0.5) is 4.39 Å². The first-order valence-electron chi connectivity index (χ1n) is 10.5. The third-order valence-corrected chi connectivity index (χ3v) is 5.28. The number of ketones is 1. The maximum absolute atomic E-state index is 13.6. The van der Waals surface area contributed by atoms with Gasteiger partial charge in [0.2, 0.25) is 0 Å². The number of pyridine rings is 1. The Bertz CT molecular complexity index is 1210. The van der Waals surface area contributed by atoms with Crippen LogP contribution in [0.3, 0.4) is 0 Å². The molecular formula is C26H23FN2O4. The van der Waals surface area contributed by atoms with E-state index in [9.17, 15) is 19.1 Å². The second-order valence-electron chi connectivity index (χ2n) is 8.03. The molecule has 6 nitrogen and oxygen atoms in total. The smallest absolute Gasteiger partial charge is 0.295 e. The molecule has 4 rings (SSSR count). The zero-order chi connectivity index (χ0) is 23.5.